The van der Waals surface area contributed by atoms with Gasteiger partial charge in [0.25, 0.3) is 5.56 Å². The molecule has 0 aliphatic carbocycles. The second-order valence-corrected chi connectivity index (χ2v) is 4.35. The van der Waals surface area contributed by atoms with Crippen molar-refractivity contribution in [2.75, 3.05) is 10.6 Å². The topological polar surface area (TPSA) is 89.2 Å². The van der Waals surface area contributed by atoms with Gasteiger partial charge in [-0.3, -0.25) is 10.1 Å². The number of aryl methyl sites for hydroxylation is 2. The zero-order valence-corrected chi connectivity index (χ0v) is 11.3. The second-order valence-electron chi connectivity index (χ2n) is 4.35. The van der Waals surface area contributed by atoms with E-state index in [0.717, 1.165) is 6.42 Å². The molecule has 0 aromatic carbocycles. The first kappa shape index (κ1) is 13.9. The number of nitrogens with one attached hydrogen (secondary N) is 2. The van der Waals surface area contributed by atoms with Crippen LogP contribution in [-0.4, -0.2) is 15.8 Å². The number of anilines is 2. The molecule has 0 spiro atoms. The molecule has 2 rings (SSSR count). The van der Waals surface area contributed by atoms with Crippen LogP contribution in [0.25, 0.3) is 0 Å². The van der Waals surface area contributed by atoms with Crippen molar-refractivity contribution in [2.24, 2.45) is 0 Å². The molecule has 0 saturated carbocycles. The molecular weight excluding hydrogens is 260 g/mol. The number of carbonyl (C=O) groups excluding carboxylic acids is 1. The van der Waals surface area contributed by atoms with Gasteiger partial charge in [-0.25, -0.2) is 4.79 Å². The predicted octanol–water partition coefficient (Wildman–Crippen LogP) is 2.20. The van der Waals surface area contributed by atoms with Crippen molar-refractivity contribution < 1.29 is 9.32 Å². The average Bonchev–Trinajstić information content (AvgIpc) is 2.79. The third-order valence-corrected chi connectivity index (χ3v) is 2.58. The number of urea groups is 1. The molecule has 2 aromatic heterocycles. The molecule has 7 nitrogen and oxygen atoms in total. The molecule has 0 bridgehead atoms. The summed E-state index contributed by atoms with van der Waals surface area (Å²) in [4.78, 5) is 23.3. The fourth-order valence-corrected chi connectivity index (χ4v) is 1.72. The Labute approximate surface area is 115 Å². The Morgan fingerprint density at radius 1 is 1.40 bits per heavy atom. The van der Waals surface area contributed by atoms with Crippen LogP contribution in [0.4, 0.5) is 16.3 Å². The van der Waals surface area contributed by atoms with Gasteiger partial charge < -0.3 is 14.4 Å². The van der Waals surface area contributed by atoms with Crippen molar-refractivity contribution in [3.63, 3.8) is 0 Å². The van der Waals surface area contributed by atoms with E-state index in [1.54, 1.807) is 29.8 Å². The maximum absolute atomic E-state index is 11.8. The van der Waals surface area contributed by atoms with E-state index in [9.17, 15) is 9.59 Å². The minimum absolute atomic E-state index is 0.0927. The van der Waals surface area contributed by atoms with Crippen LogP contribution in [0.15, 0.2) is 33.7 Å². The predicted molar refractivity (Wildman–Crippen MR) is 74.9 cm³/mol. The third kappa shape index (κ3) is 3.47. The van der Waals surface area contributed by atoms with Gasteiger partial charge in [-0.05, 0) is 19.4 Å². The Morgan fingerprint density at radius 3 is 2.85 bits per heavy atom. The Balaban J connectivity index is 2.04. The first-order chi connectivity index (χ1) is 9.58. The molecular formula is C13H16N4O3. The fraction of sp³-hybridized carbons (Fsp3) is 0.308. The molecule has 106 valence electrons. The summed E-state index contributed by atoms with van der Waals surface area (Å²) in [7, 11) is 0. The molecule has 2 aromatic rings. The highest BCUT2D eigenvalue weighted by atomic mass is 16.5. The normalized spacial score (nSPS) is 10.3. The number of hydrogen-bond donors (Lipinski definition) is 2. The summed E-state index contributed by atoms with van der Waals surface area (Å²) in [6, 6.07) is 4.14. The van der Waals surface area contributed by atoms with E-state index in [4.69, 9.17) is 4.52 Å². The van der Waals surface area contributed by atoms with E-state index in [1.165, 1.54) is 6.07 Å². The molecule has 0 atom stereocenters. The highest BCUT2D eigenvalue weighted by molar-refractivity contribution is 5.98. The van der Waals surface area contributed by atoms with Gasteiger partial charge in [0, 0.05) is 24.9 Å². The molecule has 2 heterocycles. The molecule has 2 N–H and O–H groups in total. The van der Waals surface area contributed by atoms with Crippen molar-refractivity contribution in [3.8, 4) is 0 Å². The summed E-state index contributed by atoms with van der Waals surface area (Å²) in [5.41, 5.74) is 0.445. The maximum Gasteiger partial charge on any atom is 0.324 e. The monoisotopic (exact) mass is 276 g/mol. The van der Waals surface area contributed by atoms with Gasteiger partial charge in [0.1, 0.15) is 5.76 Å². The van der Waals surface area contributed by atoms with Crippen molar-refractivity contribution in [1.82, 2.24) is 9.72 Å². The van der Waals surface area contributed by atoms with E-state index in [-0.39, 0.29) is 5.56 Å². The second kappa shape index (κ2) is 6.05. The number of amides is 2. The van der Waals surface area contributed by atoms with Crippen LogP contribution < -0.4 is 16.2 Å². The van der Waals surface area contributed by atoms with Crippen LogP contribution in [-0.2, 0) is 6.54 Å². The number of pyridine rings is 1. The van der Waals surface area contributed by atoms with Crippen LogP contribution in [0.2, 0.25) is 0 Å². The lowest BCUT2D eigenvalue weighted by molar-refractivity contribution is 0.262. The molecule has 2 amide bonds. The van der Waals surface area contributed by atoms with Crippen LogP contribution >= 0.6 is 0 Å². The smallest absolute Gasteiger partial charge is 0.324 e. The SMILES string of the molecule is CCCn1cc(NC(=O)Nc2cc(C)on2)ccc1=O. The van der Waals surface area contributed by atoms with Gasteiger partial charge in [0.2, 0.25) is 0 Å². The summed E-state index contributed by atoms with van der Waals surface area (Å²) >= 11 is 0. The van der Waals surface area contributed by atoms with Gasteiger partial charge in [-0.15, -0.1) is 0 Å². The van der Waals surface area contributed by atoms with Crippen LogP contribution in [0, 0.1) is 6.92 Å². The Bertz CT molecular complexity index is 660. The zero-order chi connectivity index (χ0) is 14.5. The van der Waals surface area contributed by atoms with Gasteiger partial charge >= 0.3 is 6.03 Å². The zero-order valence-electron chi connectivity index (χ0n) is 11.3. The Morgan fingerprint density at radius 2 is 2.20 bits per heavy atom. The van der Waals surface area contributed by atoms with Gasteiger partial charge in [0.15, 0.2) is 5.82 Å². The quantitative estimate of drug-likeness (QED) is 0.895. The van der Waals surface area contributed by atoms with Crippen molar-refractivity contribution in [1.29, 1.82) is 0 Å². The largest absolute Gasteiger partial charge is 0.360 e. The molecule has 0 aliphatic rings. The molecule has 0 radical (unpaired) electrons. The van der Waals surface area contributed by atoms with Gasteiger partial charge in [-0.2, -0.15) is 0 Å². The van der Waals surface area contributed by atoms with Crippen molar-refractivity contribution in [2.45, 2.75) is 26.8 Å². The molecule has 0 unspecified atom stereocenters. The van der Waals surface area contributed by atoms with Gasteiger partial charge in [-0.1, -0.05) is 12.1 Å². The first-order valence-corrected chi connectivity index (χ1v) is 6.30. The van der Waals surface area contributed by atoms with Crippen molar-refractivity contribution in [3.05, 3.63) is 40.5 Å². The minimum atomic E-state index is -0.444. The average molecular weight is 276 g/mol. The Kier molecular flexibility index (Phi) is 4.19. The summed E-state index contributed by atoms with van der Waals surface area (Å²) in [6.07, 6.45) is 2.45. The van der Waals surface area contributed by atoms with Crippen molar-refractivity contribution >= 4 is 17.5 Å². The summed E-state index contributed by atoms with van der Waals surface area (Å²) in [5, 5.41) is 8.83. The number of nitrogens with zero attached hydrogens (tertiary/aromatic N) is 2. The number of carbonyl (C=O) groups is 1. The molecule has 7 heteroatoms. The molecule has 0 saturated heterocycles. The summed E-state index contributed by atoms with van der Waals surface area (Å²) in [6.45, 7) is 4.32. The van der Waals surface area contributed by atoms with E-state index in [2.05, 4.69) is 15.8 Å². The van der Waals surface area contributed by atoms with E-state index in [1.807, 2.05) is 6.92 Å². The lowest BCUT2D eigenvalue weighted by atomic mass is 10.4. The van der Waals surface area contributed by atoms with Crippen LogP contribution in [0.3, 0.4) is 0 Å². The highest BCUT2D eigenvalue weighted by Crippen LogP contribution is 2.09. The summed E-state index contributed by atoms with van der Waals surface area (Å²) < 4.78 is 6.40. The molecule has 0 fully saturated rings. The number of rotatable bonds is 4. The van der Waals surface area contributed by atoms with Crippen LogP contribution in [0.1, 0.15) is 19.1 Å². The lowest BCUT2D eigenvalue weighted by Crippen LogP contribution is -2.23. The lowest BCUT2D eigenvalue weighted by Gasteiger charge is -2.08. The third-order valence-electron chi connectivity index (χ3n) is 2.58. The Hall–Kier alpha value is -2.57. The molecule has 20 heavy (non-hydrogen) atoms. The van der Waals surface area contributed by atoms with E-state index < -0.39 is 6.03 Å². The van der Waals surface area contributed by atoms with Crippen LogP contribution in [0.5, 0.6) is 0 Å². The fourth-order valence-electron chi connectivity index (χ4n) is 1.72. The van der Waals surface area contributed by atoms with E-state index in [0.29, 0.717) is 23.8 Å². The number of hydrogen-bond acceptors (Lipinski definition) is 4. The molecule has 0 aliphatic heterocycles. The minimum Gasteiger partial charge on any atom is -0.360 e. The number of aromatic nitrogens is 2. The maximum atomic E-state index is 11.8. The summed E-state index contributed by atoms with van der Waals surface area (Å²) in [5.74, 6) is 0.943. The highest BCUT2D eigenvalue weighted by Gasteiger charge is 2.07. The van der Waals surface area contributed by atoms with Gasteiger partial charge in [0.05, 0.1) is 5.69 Å². The first-order valence-electron chi connectivity index (χ1n) is 6.30. The standard InChI is InChI=1S/C13H16N4O3/c1-3-6-17-8-10(4-5-12(17)18)14-13(19)15-11-7-9(2)20-16-11/h4-5,7-8H,3,6H2,1-2H3,(H2,14,15,16,19). The van der Waals surface area contributed by atoms with E-state index >= 15 is 0 Å².